The van der Waals surface area contributed by atoms with E-state index < -0.39 is 10.0 Å². The molecule has 7 nitrogen and oxygen atoms in total. The average Bonchev–Trinajstić information content (AvgIpc) is 3.06. The molecule has 1 amide bonds. The van der Waals surface area contributed by atoms with Crippen LogP contribution < -0.4 is 19.1 Å². The fourth-order valence-electron chi connectivity index (χ4n) is 3.13. The maximum atomic E-state index is 12.4. The number of hydrogen-bond acceptors (Lipinski definition) is 5. The summed E-state index contributed by atoms with van der Waals surface area (Å²) in [5.74, 6) is 1.02. The summed E-state index contributed by atoms with van der Waals surface area (Å²) in [6.45, 7) is 2.31. The molecule has 0 aliphatic carbocycles. The summed E-state index contributed by atoms with van der Waals surface area (Å²) in [7, 11) is -0.162. The fraction of sp³-hybridized carbons (Fsp3) is 0.286. The van der Waals surface area contributed by atoms with Gasteiger partial charge in [-0.15, -0.1) is 0 Å². The SMILES string of the molecule is COc1ccc(/C=C/C(=O)Nc2cc(N3CCCS3(=O)=O)ccc2C)cc1OC. The molecule has 0 spiro atoms. The van der Waals surface area contributed by atoms with Gasteiger partial charge in [-0.05, 0) is 54.8 Å². The summed E-state index contributed by atoms with van der Waals surface area (Å²) in [5.41, 5.74) is 2.77. The number of sulfonamides is 1. The minimum atomic E-state index is -3.27. The van der Waals surface area contributed by atoms with Crippen LogP contribution in [0.1, 0.15) is 17.5 Å². The lowest BCUT2D eigenvalue weighted by atomic mass is 10.1. The lowest BCUT2D eigenvalue weighted by molar-refractivity contribution is -0.111. The third-order valence-corrected chi connectivity index (χ3v) is 6.57. The van der Waals surface area contributed by atoms with E-state index in [1.807, 2.05) is 13.0 Å². The van der Waals surface area contributed by atoms with E-state index in [-0.39, 0.29) is 11.7 Å². The van der Waals surface area contributed by atoms with Gasteiger partial charge in [0.25, 0.3) is 0 Å². The van der Waals surface area contributed by atoms with Crippen LogP contribution in [0, 0.1) is 6.92 Å². The largest absolute Gasteiger partial charge is 0.493 e. The molecule has 0 unspecified atom stereocenters. The van der Waals surface area contributed by atoms with E-state index in [4.69, 9.17) is 9.47 Å². The number of benzene rings is 2. The monoisotopic (exact) mass is 416 g/mol. The number of nitrogens with one attached hydrogen (secondary N) is 1. The van der Waals surface area contributed by atoms with Gasteiger partial charge in [0.2, 0.25) is 15.9 Å². The molecule has 1 heterocycles. The van der Waals surface area contributed by atoms with Crippen LogP contribution in [-0.4, -0.2) is 40.8 Å². The predicted molar refractivity (Wildman–Crippen MR) is 114 cm³/mol. The van der Waals surface area contributed by atoms with Crippen molar-refractivity contribution < 1.29 is 22.7 Å². The van der Waals surface area contributed by atoms with E-state index in [1.165, 1.54) is 10.4 Å². The highest BCUT2D eigenvalue weighted by Crippen LogP contribution is 2.29. The maximum Gasteiger partial charge on any atom is 0.248 e. The fourth-order valence-corrected chi connectivity index (χ4v) is 4.69. The highest BCUT2D eigenvalue weighted by atomic mass is 32.2. The Balaban J connectivity index is 1.75. The van der Waals surface area contributed by atoms with Gasteiger partial charge in [-0.1, -0.05) is 12.1 Å². The predicted octanol–water partition coefficient (Wildman–Crippen LogP) is 3.20. The van der Waals surface area contributed by atoms with Gasteiger partial charge in [0.15, 0.2) is 11.5 Å². The molecule has 3 rings (SSSR count). The topological polar surface area (TPSA) is 84.9 Å². The summed E-state index contributed by atoms with van der Waals surface area (Å²) in [5, 5.41) is 2.82. The summed E-state index contributed by atoms with van der Waals surface area (Å²) < 4.78 is 36.1. The zero-order chi connectivity index (χ0) is 21.0. The summed E-state index contributed by atoms with van der Waals surface area (Å²) in [6, 6.07) is 10.6. The van der Waals surface area contributed by atoms with Crippen molar-refractivity contribution in [2.75, 3.05) is 36.1 Å². The van der Waals surface area contributed by atoms with Gasteiger partial charge < -0.3 is 14.8 Å². The average molecular weight is 416 g/mol. The molecule has 1 fully saturated rings. The standard InChI is InChI=1S/C21H24N2O5S/c1-15-5-8-17(23-11-4-12-29(23,25)26)14-18(15)22-21(24)10-7-16-6-9-19(27-2)20(13-16)28-3/h5-10,13-14H,4,11-12H2,1-3H3,(H,22,24)/b10-7+. The number of rotatable bonds is 6. The van der Waals surface area contributed by atoms with Gasteiger partial charge in [-0.3, -0.25) is 9.10 Å². The molecule has 1 saturated heterocycles. The van der Waals surface area contributed by atoms with E-state index in [0.717, 1.165) is 11.1 Å². The molecule has 1 N–H and O–H groups in total. The molecule has 0 atom stereocenters. The number of anilines is 2. The number of nitrogens with zero attached hydrogens (tertiary/aromatic N) is 1. The minimum absolute atomic E-state index is 0.149. The molecule has 1 aliphatic rings. The van der Waals surface area contributed by atoms with Crippen molar-refractivity contribution in [1.82, 2.24) is 0 Å². The number of amides is 1. The molecule has 154 valence electrons. The number of aryl methyl sites for hydroxylation is 1. The number of hydrogen-bond donors (Lipinski definition) is 1. The summed E-state index contributed by atoms with van der Waals surface area (Å²) >= 11 is 0. The van der Waals surface area contributed by atoms with E-state index in [1.54, 1.807) is 50.6 Å². The molecule has 2 aromatic carbocycles. The number of carbonyl (C=O) groups excluding carboxylic acids is 1. The van der Waals surface area contributed by atoms with Crippen molar-refractivity contribution in [1.29, 1.82) is 0 Å². The van der Waals surface area contributed by atoms with Gasteiger partial charge in [-0.25, -0.2) is 8.42 Å². The van der Waals surface area contributed by atoms with Gasteiger partial charge in [0.1, 0.15) is 0 Å². The Kier molecular flexibility index (Phi) is 6.12. The Morgan fingerprint density at radius 1 is 1.10 bits per heavy atom. The van der Waals surface area contributed by atoms with Crippen LogP contribution in [-0.2, 0) is 14.8 Å². The molecule has 0 radical (unpaired) electrons. The van der Waals surface area contributed by atoms with Crippen LogP contribution >= 0.6 is 0 Å². The van der Waals surface area contributed by atoms with Crippen LogP contribution in [0.4, 0.5) is 11.4 Å². The third kappa shape index (κ3) is 4.71. The molecular formula is C21H24N2O5S. The van der Waals surface area contributed by atoms with E-state index in [0.29, 0.717) is 35.8 Å². The first-order valence-electron chi connectivity index (χ1n) is 9.16. The lowest BCUT2D eigenvalue weighted by Crippen LogP contribution is -2.25. The van der Waals surface area contributed by atoms with Crippen molar-refractivity contribution in [3.8, 4) is 11.5 Å². The molecule has 0 aromatic heterocycles. The smallest absolute Gasteiger partial charge is 0.248 e. The maximum absolute atomic E-state index is 12.4. The molecular weight excluding hydrogens is 392 g/mol. The van der Waals surface area contributed by atoms with Crippen molar-refractivity contribution in [3.63, 3.8) is 0 Å². The first-order chi connectivity index (χ1) is 13.8. The Labute approximate surface area is 171 Å². The quantitative estimate of drug-likeness (QED) is 0.731. The zero-order valence-electron chi connectivity index (χ0n) is 16.6. The second-order valence-corrected chi connectivity index (χ2v) is 8.69. The second-order valence-electron chi connectivity index (χ2n) is 6.68. The van der Waals surface area contributed by atoms with Gasteiger partial charge in [-0.2, -0.15) is 0 Å². The Bertz CT molecular complexity index is 1050. The molecule has 1 aliphatic heterocycles. The van der Waals surface area contributed by atoms with Crippen molar-refractivity contribution in [2.24, 2.45) is 0 Å². The molecule has 2 aromatic rings. The van der Waals surface area contributed by atoms with Crippen molar-refractivity contribution >= 4 is 33.4 Å². The van der Waals surface area contributed by atoms with E-state index in [2.05, 4.69) is 5.32 Å². The molecule has 0 saturated carbocycles. The number of methoxy groups -OCH3 is 2. The van der Waals surface area contributed by atoms with Crippen LogP contribution in [0.3, 0.4) is 0 Å². The van der Waals surface area contributed by atoms with Crippen LogP contribution in [0.15, 0.2) is 42.5 Å². The summed E-state index contributed by atoms with van der Waals surface area (Å²) in [6.07, 6.45) is 3.69. The van der Waals surface area contributed by atoms with Crippen molar-refractivity contribution in [2.45, 2.75) is 13.3 Å². The lowest BCUT2D eigenvalue weighted by Gasteiger charge is -2.18. The second kappa shape index (κ2) is 8.57. The third-order valence-electron chi connectivity index (χ3n) is 4.70. The number of ether oxygens (including phenoxy) is 2. The van der Waals surface area contributed by atoms with Gasteiger partial charge >= 0.3 is 0 Å². The van der Waals surface area contributed by atoms with Gasteiger partial charge in [0, 0.05) is 18.3 Å². The Hall–Kier alpha value is -3.00. The van der Waals surface area contributed by atoms with E-state index in [9.17, 15) is 13.2 Å². The zero-order valence-corrected chi connectivity index (χ0v) is 17.5. The number of carbonyl (C=O) groups is 1. The van der Waals surface area contributed by atoms with Crippen LogP contribution in [0.25, 0.3) is 6.08 Å². The summed E-state index contributed by atoms with van der Waals surface area (Å²) in [4.78, 5) is 12.4. The van der Waals surface area contributed by atoms with Gasteiger partial charge in [0.05, 0.1) is 25.7 Å². The Morgan fingerprint density at radius 2 is 1.86 bits per heavy atom. The van der Waals surface area contributed by atoms with Crippen LogP contribution in [0.2, 0.25) is 0 Å². The minimum Gasteiger partial charge on any atom is -0.493 e. The molecule has 29 heavy (non-hydrogen) atoms. The molecule has 8 heteroatoms. The van der Waals surface area contributed by atoms with E-state index >= 15 is 0 Å². The first kappa shape index (κ1) is 20.7. The van der Waals surface area contributed by atoms with Crippen LogP contribution in [0.5, 0.6) is 11.5 Å². The highest BCUT2D eigenvalue weighted by Gasteiger charge is 2.28. The first-order valence-corrected chi connectivity index (χ1v) is 10.8. The Morgan fingerprint density at radius 3 is 2.52 bits per heavy atom. The highest BCUT2D eigenvalue weighted by molar-refractivity contribution is 7.93. The normalized spacial score (nSPS) is 15.5. The van der Waals surface area contributed by atoms with Crippen molar-refractivity contribution in [3.05, 3.63) is 53.6 Å². The molecule has 0 bridgehead atoms.